The maximum absolute atomic E-state index is 12.5. The maximum Gasteiger partial charge on any atom is 0.410 e. The molecule has 1 aliphatic heterocycles. The van der Waals surface area contributed by atoms with Crippen LogP contribution in [0.1, 0.15) is 57.7 Å². The van der Waals surface area contributed by atoms with Gasteiger partial charge in [-0.1, -0.05) is 12.1 Å². The standard InChI is InChI=1S/C24H28N4O3/c1-24(2,3)31-23(30)27-11-10-15(14-27)20-13-19-21(28(20)16-8-9-16)12-18(25-26-19)17-6-4-5-7-22(17)29/h4-7,12-13,15-16,29H,8-11,14H2,1-3H3/t15-/m0/s1. The first kappa shape index (κ1) is 19.8. The van der Waals surface area contributed by atoms with Gasteiger partial charge < -0.3 is 19.3 Å². The van der Waals surface area contributed by atoms with E-state index in [2.05, 4.69) is 20.8 Å². The molecule has 2 aromatic heterocycles. The van der Waals surface area contributed by atoms with E-state index < -0.39 is 5.60 Å². The van der Waals surface area contributed by atoms with Gasteiger partial charge in [-0.3, -0.25) is 0 Å². The van der Waals surface area contributed by atoms with E-state index in [9.17, 15) is 9.90 Å². The molecule has 5 rings (SSSR count). The molecular weight excluding hydrogens is 392 g/mol. The number of carbonyl (C=O) groups is 1. The largest absolute Gasteiger partial charge is 0.507 e. The van der Waals surface area contributed by atoms with Gasteiger partial charge in [-0.25, -0.2) is 4.79 Å². The maximum atomic E-state index is 12.5. The monoisotopic (exact) mass is 420 g/mol. The van der Waals surface area contributed by atoms with E-state index in [1.807, 2.05) is 43.9 Å². The Bertz CT molecular complexity index is 1140. The van der Waals surface area contributed by atoms with Gasteiger partial charge in [-0.2, -0.15) is 0 Å². The predicted octanol–water partition coefficient (Wildman–Crippen LogP) is 4.86. The summed E-state index contributed by atoms with van der Waals surface area (Å²) in [6.07, 6.45) is 2.95. The van der Waals surface area contributed by atoms with Gasteiger partial charge in [0.1, 0.15) is 16.9 Å². The highest BCUT2D eigenvalue weighted by Crippen LogP contribution is 2.43. The molecule has 1 saturated heterocycles. The van der Waals surface area contributed by atoms with E-state index in [0.29, 0.717) is 30.4 Å². The number of nitrogens with zero attached hydrogens (tertiary/aromatic N) is 4. The minimum atomic E-state index is -0.493. The smallest absolute Gasteiger partial charge is 0.410 e. The molecule has 1 aliphatic carbocycles. The fraction of sp³-hybridized carbons (Fsp3) is 0.458. The van der Waals surface area contributed by atoms with Gasteiger partial charge in [-0.05, 0) is 64.3 Å². The second-order valence-corrected chi connectivity index (χ2v) is 9.60. The lowest BCUT2D eigenvalue weighted by Crippen LogP contribution is -2.35. The van der Waals surface area contributed by atoms with Crippen LogP contribution in [0.25, 0.3) is 22.3 Å². The fourth-order valence-corrected chi connectivity index (χ4v) is 4.41. The molecule has 1 amide bonds. The zero-order valence-electron chi connectivity index (χ0n) is 18.2. The number of phenols is 1. The number of benzene rings is 1. The first-order valence-electron chi connectivity index (χ1n) is 10.9. The van der Waals surface area contributed by atoms with E-state index in [1.165, 1.54) is 5.69 Å². The van der Waals surface area contributed by atoms with Gasteiger partial charge in [0.25, 0.3) is 0 Å². The molecule has 1 saturated carbocycles. The van der Waals surface area contributed by atoms with Gasteiger partial charge >= 0.3 is 6.09 Å². The number of ether oxygens (including phenoxy) is 1. The molecule has 2 fully saturated rings. The molecule has 7 heteroatoms. The zero-order valence-corrected chi connectivity index (χ0v) is 18.2. The summed E-state index contributed by atoms with van der Waals surface area (Å²) in [6.45, 7) is 7.02. The Morgan fingerprint density at radius 1 is 1.13 bits per heavy atom. The molecule has 2 aliphatic rings. The van der Waals surface area contributed by atoms with Crippen LogP contribution in [0.4, 0.5) is 4.79 Å². The number of phenolic OH excluding ortho intramolecular Hbond substituents is 1. The molecule has 1 N–H and O–H groups in total. The van der Waals surface area contributed by atoms with Gasteiger partial charge in [0, 0.05) is 36.3 Å². The van der Waals surface area contributed by atoms with Crippen molar-refractivity contribution in [3.63, 3.8) is 0 Å². The predicted molar refractivity (Wildman–Crippen MR) is 118 cm³/mol. The molecule has 0 radical (unpaired) electrons. The van der Waals surface area contributed by atoms with Crippen molar-refractivity contribution in [2.45, 2.75) is 57.6 Å². The van der Waals surface area contributed by atoms with E-state index >= 15 is 0 Å². The fourth-order valence-electron chi connectivity index (χ4n) is 4.41. The molecule has 7 nitrogen and oxygen atoms in total. The van der Waals surface area contributed by atoms with Gasteiger partial charge in [0.15, 0.2) is 0 Å². The summed E-state index contributed by atoms with van der Waals surface area (Å²) in [6, 6.07) is 11.8. The van der Waals surface area contributed by atoms with Crippen LogP contribution in [0.3, 0.4) is 0 Å². The summed E-state index contributed by atoms with van der Waals surface area (Å²) in [4.78, 5) is 14.3. The number of rotatable bonds is 3. The van der Waals surface area contributed by atoms with Gasteiger partial charge in [-0.15, -0.1) is 10.2 Å². The normalized spacial score (nSPS) is 19.2. The lowest BCUT2D eigenvalue weighted by atomic mass is 10.1. The van der Waals surface area contributed by atoms with E-state index in [0.717, 1.165) is 30.3 Å². The number of para-hydroxylation sites is 1. The average Bonchev–Trinajstić information content (AvgIpc) is 3.29. The van der Waals surface area contributed by atoms with Crippen LogP contribution < -0.4 is 0 Å². The van der Waals surface area contributed by atoms with E-state index in [4.69, 9.17) is 4.74 Å². The van der Waals surface area contributed by atoms with Crippen molar-refractivity contribution in [3.8, 4) is 17.0 Å². The first-order chi connectivity index (χ1) is 14.8. The Kier molecular flexibility index (Phi) is 4.64. The third kappa shape index (κ3) is 3.84. The molecule has 3 aromatic rings. The summed E-state index contributed by atoms with van der Waals surface area (Å²) in [5.41, 5.74) is 3.97. The van der Waals surface area contributed by atoms with Crippen molar-refractivity contribution < 1.29 is 14.6 Å². The van der Waals surface area contributed by atoms with Gasteiger partial charge in [0.2, 0.25) is 0 Å². The Hall–Kier alpha value is -3.09. The first-order valence-corrected chi connectivity index (χ1v) is 10.9. The highest BCUT2D eigenvalue weighted by Gasteiger charge is 2.35. The SMILES string of the molecule is CC(C)(C)OC(=O)N1CC[C@H](c2cc3nnc(-c4ccccc4O)cc3n2C2CC2)C1. The Balaban J connectivity index is 1.48. The summed E-state index contributed by atoms with van der Waals surface area (Å²) < 4.78 is 7.95. The molecule has 1 aromatic carbocycles. The zero-order chi connectivity index (χ0) is 21.8. The molecule has 0 bridgehead atoms. The number of aromatic nitrogens is 3. The summed E-state index contributed by atoms with van der Waals surface area (Å²) in [5, 5.41) is 19.1. The van der Waals surface area contributed by atoms with E-state index in [-0.39, 0.29) is 17.8 Å². The molecule has 0 spiro atoms. The van der Waals surface area contributed by atoms with Crippen molar-refractivity contribution in [1.82, 2.24) is 19.7 Å². The van der Waals surface area contributed by atoms with Crippen LogP contribution in [0, 0.1) is 0 Å². The molecule has 3 heterocycles. The molecular formula is C24H28N4O3. The number of likely N-dealkylation sites (tertiary alicyclic amines) is 1. The van der Waals surface area contributed by atoms with Gasteiger partial charge in [0.05, 0.1) is 11.2 Å². The van der Waals surface area contributed by atoms with Crippen molar-refractivity contribution >= 4 is 17.1 Å². The lowest BCUT2D eigenvalue weighted by Gasteiger charge is -2.24. The number of fused-ring (bicyclic) bond motifs is 1. The third-order valence-corrected chi connectivity index (χ3v) is 5.97. The van der Waals surface area contributed by atoms with Crippen LogP contribution in [0.5, 0.6) is 5.75 Å². The quantitative estimate of drug-likeness (QED) is 0.654. The summed E-state index contributed by atoms with van der Waals surface area (Å²) in [5.74, 6) is 0.445. The topological polar surface area (TPSA) is 80.5 Å². The minimum absolute atomic E-state index is 0.199. The molecule has 1 atom stereocenters. The number of hydrogen-bond donors (Lipinski definition) is 1. The van der Waals surface area contributed by atoms with Crippen LogP contribution in [0.15, 0.2) is 36.4 Å². The number of carbonyl (C=O) groups excluding carboxylic acids is 1. The van der Waals surface area contributed by atoms with Crippen molar-refractivity contribution in [2.24, 2.45) is 0 Å². The number of hydrogen-bond acceptors (Lipinski definition) is 5. The summed E-state index contributed by atoms with van der Waals surface area (Å²) in [7, 11) is 0. The summed E-state index contributed by atoms with van der Waals surface area (Å²) >= 11 is 0. The van der Waals surface area contributed by atoms with Crippen LogP contribution >= 0.6 is 0 Å². The third-order valence-electron chi connectivity index (χ3n) is 5.97. The highest BCUT2D eigenvalue weighted by atomic mass is 16.6. The second kappa shape index (κ2) is 7.25. The Morgan fingerprint density at radius 3 is 2.61 bits per heavy atom. The second-order valence-electron chi connectivity index (χ2n) is 9.60. The van der Waals surface area contributed by atoms with Crippen LogP contribution in [0.2, 0.25) is 0 Å². The van der Waals surface area contributed by atoms with E-state index in [1.54, 1.807) is 12.1 Å². The number of aromatic hydroxyl groups is 1. The number of amides is 1. The van der Waals surface area contributed by atoms with Crippen molar-refractivity contribution in [2.75, 3.05) is 13.1 Å². The molecule has 31 heavy (non-hydrogen) atoms. The van der Waals surface area contributed by atoms with Crippen molar-refractivity contribution in [3.05, 3.63) is 42.1 Å². The molecule has 0 unspecified atom stereocenters. The minimum Gasteiger partial charge on any atom is -0.507 e. The van der Waals surface area contributed by atoms with Crippen LogP contribution in [-0.2, 0) is 4.74 Å². The van der Waals surface area contributed by atoms with Crippen molar-refractivity contribution in [1.29, 1.82) is 0 Å². The lowest BCUT2D eigenvalue weighted by molar-refractivity contribution is 0.0292. The molecule has 162 valence electrons. The Labute approximate surface area is 181 Å². The average molecular weight is 421 g/mol. The van der Waals surface area contributed by atoms with Crippen LogP contribution in [-0.4, -0.2) is 49.6 Å². The Morgan fingerprint density at radius 2 is 1.90 bits per heavy atom. The highest BCUT2D eigenvalue weighted by molar-refractivity contribution is 5.82.